The maximum atomic E-state index is 11.8. The second-order valence-corrected chi connectivity index (χ2v) is 5.64. The minimum Gasteiger partial charge on any atom is -0.511 e. The third kappa shape index (κ3) is 3.50. The Balaban J connectivity index is 2.18. The zero-order valence-corrected chi connectivity index (χ0v) is 12.5. The monoisotopic (exact) mass is 298 g/mol. The number of aliphatic hydroxyl groups excluding tert-OH is 1. The molecule has 2 aromatic rings. The van der Waals surface area contributed by atoms with Gasteiger partial charge < -0.3 is 10.4 Å². The molecule has 21 heavy (non-hydrogen) atoms. The lowest BCUT2D eigenvalue weighted by molar-refractivity contribution is -0.112. The molecule has 0 spiro atoms. The fourth-order valence-electron chi connectivity index (χ4n) is 1.75. The minimum atomic E-state index is -0.602. The van der Waals surface area contributed by atoms with Crippen molar-refractivity contribution >= 4 is 22.2 Å². The van der Waals surface area contributed by atoms with Gasteiger partial charge in [0.1, 0.15) is 11.8 Å². The average Bonchev–Trinajstić information content (AvgIpc) is 2.88. The quantitative estimate of drug-likeness (QED) is 0.510. The van der Waals surface area contributed by atoms with Crippen LogP contribution in [0.25, 0.3) is 10.4 Å². The molecule has 0 fully saturated rings. The summed E-state index contributed by atoms with van der Waals surface area (Å²) in [4.78, 5) is 12.9. The van der Waals surface area contributed by atoms with Crippen LogP contribution in [0.15, 0.2) is 47.7 Å². The lowest BCUT2D eigenvalue weighted by atomic mass is 10.1. The molecule has 0 aliphatic heterocycles. The molecule has 0 aliphatic rings. The maximum Gasteiger partial charge on any atom is 0.270 e. The summed E-state index contributed by atoms with van der Waals surface area (Å²) in [5.41, 5.74) is 1.98. The Kier molecular flexibility index (Phi) is 4.41. The Morgan fingerprint density at radius 2 is 1.90 bits per heavy atom. The summed E-state index contributed by atoms with van der Waals surface area (Å²) < 4.78 is 0. The van der Waals surface area contributed by atoms with E-state index in [9.17, 15) is 9.90 Å². The van der Waals surface area contributed by atoms with Crippen molar-refractivity contribution in [3.63, 3.8) is 0 Å². The van der Waals surface area contributed by atoms with Crippen LogP contribution in [0.2, 0.25) is 0 Å². The fourth-order valence-corrected chi connectivity index (χ4v) is 2.66. The van der Waals surface area contributed by atoms with E-state index < -0.39 is 5.91 Å². The minimum absolute atomic E-state index is 0.278. The first-order chi connectivity index (χ1) is 10.0. The van der Waals surface area contributed by atoms with Gasteiger partial charge in [0.05, 0.1) is 5.00 Å². The number of hydrogen-bond acceptors (Lipinski definition) is 4. The molecule has 0 saturated heterocycles. The summed E-state index contributed by atoms with van der Waals surface area (Å²) in [5, 5.41) is 21.3. The lowest BCUT2D eigenvalue weighted by Gasteiger charge is -2.01. The SMILES string of the molecule is CC(O)=C(C#N)C(=O)Nc1ccc(-c2ccc(C)cc2)s1. The van der Waals surface area contributed by atoms with Crippen LogP contribution in [0.1, 0.15) is 12.5 Å². The Labute approximate surface area is 127 Å². The number of thiophene rings is 1. The van der Waals surface area contributed by atoms with E-state index in [-0.39, 0.29) is 11.3 Å². The first-order valence-electron chi connectivity index (χ1n) is 6.29. The number of aryl methyl sites for hydroxylation is 1. The van der Waals surface area contributed by atoms with Crippen LogP contribution in [-0.4, -0.2) is 11.0 Å². The molecule has 0 bridgehead atoms. The summed E-state index contributed by atoms with van der Waals surface area (Å²) in [6.45, 7) is 3.33. The first kappa shape index (κ1) is 14.8. The van der Waals surface area contributed by atoms with Crippen molar-refractivity contribution in [3.05, 3.63) is 53.3 Å². The van der Waals surface area contributed by atoms with E-state index in [1.54, 1.807) is 12.1 Å². The molecule has 2 N–H and O–H groups in total. The summed E-state index contributed by atoms with van der Waals surface area (Å²) in [7, 11) is 0. The van der Waals surface area contributed by atoms with Gasteiger partial charge in [0.25, 0.3) is 5.91 Å². The first-order valence-corrected chi connectivity index (χ1v) is 7.11. The highest BCUT2D eigenvalue weighted by molar-refractivity contribution is 7.19. The molecular formula is C16H14N2O2S. The van der Waals surface area contributed by atoms with Crippen LogP contribution in [0.5, 0.6) is 0 Å². The van der Waals surface area contributed by atoms with Crippen molar-refractivity contribution in [2.45, 2.75) is 13.8 Å². The Morgan fingerprint density at radius 1 is 1.24 bits per heavy atom. The summed E-state index contributed by atoms with van der Waals surface area (Å²) in [6, 6.07) is 13.5. The smallest absolute Gasteiger partial charge is 0.270 e. The second-order valence-electron chi connectivity index (χ2n) is 4.56. The Hall–Kier alpha value is -2.58. The fraction of sp³-hybridized carbons (Fsp3) is 0.125. The zero-order chi connectivity index (χ0) is 15.4. The number of carbonyl (C=O) groups excluding carboxylic acids is 1. The summed E-state index contributed by atoms with van der Waals surface area (Å²) in [5.74, 6) is -0.889. The Morgan fingerprint density at radius 3 is 2.48 bits per heavy atom. The highest BCUT2D eigenvalue weighted by Gasteiger charge is 2.14. The third-order valence-electron chi connectivity index (χ3n) is 2.88. The van der Waals surface area contributed by atoms with Crippen LogP contribution in [0, 0.1) is 18.3 Å². The van der Waals surface area contributed by atoms with E-state index in [0.29, 0.717) is 5.00 Å². The molecular weight excluding hydrogens is 284 g/mol. The number of nitrogens with zero attached hydrogens (tertiary/aromatic N) is 1. The molecule has 1 amide bonds. The number of rotatable bonds is 3. The van der Waals surface area contributed by atoms with E-state index in [1.165, 1.54) is 23.8 Å². The van der Waals surface area contributed by atoms with E-state index in [1.807, 2.05) is 37.3 Å². The molecule has 1 aromatic carbocycles. The summed E-state index contributed by atoms with van der Waals surface area (Å²) >= 11 is 1.41. The van der Waals surface area contributed by atoms with Crippen LogP contribution < -0.4 is 5.32 Å². The standard InChI is InChI=1S/C16H14N2O2S/c1-10-3-5-12(6-4-10)14-7-8-15(21-14)18-16(20)13(9-17)11(2)19/h3-8,19H,1-2H3,(H,18,20). The predicted octanol–water partition coefficient (Wildman–Crippen LogP) is 4.02. The van der Waals surface area contributed by atoms with Gasteiger partial charge in [0, 0.05) is 4.88 Å². The van der Waals surface area contributed by atoms with Gasteiger partial charge in [-0.1, -0.05) is 29.8 Å². The molecule has 4 nitrogen and oxygen atoms in total. The number of nitrogens with one attached hydrogen (secondary N) is 1. The van der Waals surface area contributed by atoms with E-state index in [4.69, 9.17) is 5.26 Å². The number of allylic oxidation sites excluding steroid dienone is 1. The largest absolute Gasteiger partial charge is 0.511 e. The number of aliphatic hydroxyl groups is 1. The van der Waals surface area contributed by atoms with Gasteiger partial charge in [-0.25, -0.2) is 0 Å². The molecule has 106 valence electrons. The topological polar surface area (TPSA) is 73.1 Å². The average molecular weight is 298 g/mol. The van der Waals surface area contributed by atoms with Crippen molar-refractivity contribution in [1.82, 2.24) is 0 Å². The highest BCUT2D eigenvalue weighted by atomic mass is 32.1. The van der Waals surface area contributed by atoms with Gasteiger partial charge in [-0.3, -0.25) is 4.79 Å². The van der Waals surface area contributed by atoms with Crippen LogP contribution in [0.3, 0.4) is 0 Å². The molecule has 5 heteroatoms. The predicted molar refractivity (Wildman–Crippen MR) is 84.1 cm³/mol. The lowest BCUT2D eigenvalue weighted by Crippen LogP contribution is -2.13. The van der Waals surface area contributed by atoms with Gasteiger partial charge in [-0.15, -0.1) is 11.3 Å². The molecule has 0 radical (unpaired) electrons. The van der Waals surface area contributed by atoms with E-state index in [0.717, 1.165) is 10.4 Å². The van der Waals surface area contributed by atoms with E-state index in [2.05, 4.69) is 5.32 Å². The number of benzene rings is 1. The van der Waals surface area contributed by atoms with E-state index >= 15 is 0 Å². The zero-order valence-electron chi connectivity index (χ0n) is 11.7. The van der Waals surface area contributed by atoms with Crippen molar-refractivity contribution in [2.75, 3.05) is 5.32 Å². The van der Waals surface area contributed by atoms with Crippen molar-refractivity contribution in [1.29, 1.82) is 5.26 Å². The second kappa shape index (κ2) is 6.25. The van der Waals surface area contributed by atoms with Crippen LogP contribution >= 0.6 is 11.3 Å². The molecule has 0 aliphatic carbocycles. The van der Waals surface area contributed by atoms with Gasteiger partial charge >= 0.3 is 0 Å². The normalized spacial score (nSPS) is 11.5. The number of nitriles is 1. The van der Waals surface area contributed by atoms with Crippen molar-refractivity contribution < 1.29 is 9.90 Å². The molecule has 1 aromatic heterocycles. The number of hydrogen-bond donors (Lipinski definition) is 2. The summed E-state index contributed by atoms with van der Waals surface area (Å²) in [6.07, 6.45) is 0. The molecule has 0 unspecified atom stereocenters. The van der Waals surface area contributed by atoms with Gasteiger partial charge in [-0.05, 0) is 31.5 Å². The van der Waals surface area contributed by atoms with Crippen LogP contribution in [0.4, 0.5) is 5.00 Å². The number of amides is 1. The third-order valence-corrected chi connectivity index (χ3v) is 3.93. The van der Waals surface area contributed by atoms with Gasteiger partial charge in [-0.2, -0.15) is 5.26 Å². The van der Waals surface area contributed by atoms with Crippen LogP contribution in [-0.2, 0) is 4.79 Å². The van der Waals surface area contributed by atoms with Gasteiger partial charge in [0.15, 0.2) is 5.57 Å². The molecule has 2 rings (SSSR count). The number of anilines is 1. The molecule has 0 atom stereocenters. The Bertz CT molecular complexity index is 732. The van der Waals surface area contributed by atoms with Crippen molar-refractivity contribution in [3.8, 4) is 16.5 Å². The van der Waals surface area contributed by atoms with Gasteiger partial charge in [0.2, 0.25) is 0 Å². The van der Waals surface area contributed by atoms with Crippen molar-refractivity contribution in [2.24, 2.45) is 0 Å². The maximum absolute atomic E-state index is 11.8. The molecule has 1 heterocycles. The number of carbonyl (C=O) groups is 1. The highest BCUT2D eigenvalue weighted by Crippen LogP contribution is 2.31. The molecule has 0 saturated carbocycles.